The molecule has 38 heavy (non-hydrogen) atoms. The van der Waals surface area contributed by atoms with Gasteiger partial charge in [0.25, 0.3) is 0 Å². The van der Waals surface area contributed by atoms with Crippen molar-refractivity contribution in [2.24, 2.45) is 11.8 Å². The van der Waals surface area contributed by atoms with Gasteiger partial charge in [0.15, 0.2) is 0 Å². The summed E-state index contributed by atoms with van der Waals surface area (Å²) in [6.07, 6.45) is 14.0. The van der Waals surface area contributed by atoms with Gasteiger partial charge in [-0.1, -0.05) is 103 Å². The molecule has 0 aromatic heterocycles. The lowest BCUT2D eigenvalue weighted by Crippen LogP contribution is -2.25. The summed E-state index contributed by atoms with van der Waals surface area (Å²) < 4.78 is 0. The smallest absolute Gasteiger partial charge is 0.0997 e. The molecule has 1 fully saturated rings. The summed E-state index contributed by atoms with van der Waals surface area (Å²) in [4.78, 5) is 0. The van der Waals surface area contributed by atoms with Crippen molar-refractivity contribution in [3.05, 3.63) is 141 Å². The number of hydrogen-bond acceptors (Lipinski definition) is 1. The second-order valence-electron chi connectivity index (χ2n) is 11.1. The van der Waals surface area contributed by atoms with Crippen LogP contribution in [0, 0.1) is 23.2 Å². The van der Waals surface area contributed by atoms with Gasteiger partial charge < -0.3 is 0 Å². The first-order valence-corrected chi connectivity index (χ1v) is 14.1. The van der Waals surface area contributed by atoms with Gasteiger partial charge in [0, 0.05) is 5.92 Å². The van der Waals surface area contributed by atoms with E-state index in [0.717, 1.165) is 24.3 Å². The summed E-state index contributed by atoms with van der Waals surface area (Å²) in [6, 6.07) is 32.9. The van der Waals surface area contributed by atoms with Crippen molar-refractivity contribution in [1.29, 1.82) is 5.26 Å². The highest BCUT2D eigenvalue weighted by molar-refractivity contribution is 5.79. The molecule has 1 saturated carbocycles. The first-order valence-electron chi connectivity index (χ1n) is 14.1. The average molecular weight is 494 g/mol. The first-order chi connectivity index (χ1) is 18.7. The Labute approximate surface area is 227 Å². The molecule has 1 atom stereocenters. The molecule has 0 N–H and O–H groups in total. The van der Waals surface area contributed by atoms with Gasteiger partial charge >= 0.3 is 0 Å². The number of benzene rings is 3. The van der Waals surface area contributed by atoms with Crippen molar-refractivity contribution in [2.75, 3.05) is 0 Å². The number of fused-ring (bicyclic) bond motifs is 3. The Kier molecular flexibility index (Phi) is 6.98. The zero-order chi connectivity index (χ0) is 25.9. The monoisotopic (exact) mass is 493 g/mol. The van der Waals surface area contributed by atoms with Crippen LogP contribution in [0.5, 0.6) is 0 Å². The topological polar surface area (TPSA) is 23.8 Å². The van der Waals surface area contributed by atoms with Crippen LogP contribution in [-0.4, -0.2) is 0 Å². The highest BCUT2D eigenvalue weighted by atomic mass is 14.4. The van der Waals surface area contributed by atoms with Crippen molar-refractivity contribution in [1.82, 2.24) is 0 Å². The normalized spacial score (nSPS) is 22.7. The molecule has 0 radical (unpaired) electrons. The summed E-state index contributed by atoms with van der Waals surface area (Å²) in [6.45, 7) is 2.19. The Morgan fingerprint density at radius 3 is 2.26 bits per heavy atom. The van der Waals surface area contributed by atoms with Crippen LogP contribution in [0.1, 0.15) is 67.2 Å². The minimum absolute atomic E-state index is 0.225. The molecule has 0 bridgehead atoms. The van der Waals surface area contributed by atoms with Crippen molar-refractivity contribution in [3.8, 4) is 6.07 Å². The Morgan fingerprint density at radius 1 is 0.842 bits per heavy atom. The molecule has 3 aliphatic rings. The minimum Gasteiger partial charge on any atom is -0.192 e. The van der Waals surface area contributed by atoms with Crippen molar-refractivity contribution in [2.45, 2.75) is 51.4 Å². The molecule has 188 valence electrons. The van der Waals surface area contributed by atoms with E-state index in [-0.39, 0.29) is 5.92 Å². The maximum absolute atomic E-state index is 10.3. The molecular formula is C37H35N. The van der Waals surface area contributed by atoms with Gasteiger partial charge in [0.05, 0.1) is 11.6 Å². The molecule has 0 amide bonds. The van der Waals surface area contributed by atoms with Crippen LogP contribution in [0.15, 0.2) is 119 Å². The fourth-order valence-electron chi connectivity index (χ4n) is 6.97. The molecule has 1 unspecified atom stereocenters. The van der Waals surface area contributed by atoms with E-state index < -0.39 is 0 Å². The standard InChI is InChI=1S/C37H35N/c1-26-33(23-29-13-6-3-7-14-29)36(37-32-18-9-8-17-31(32)24-34(37)35(26)25-38)30-21-19-28(20-22-30)16-10-15-27-11-4-2-5-12-27/h2-15,17-18,24,28,30,37H,16,19-23H2,1H3/b15-10+. The van der Waals surface area contributed by atoms with E-state index in [1.807, 2.05) is 0 Å². The zero-order valence-electron chi connectivity index (χ0n) is 22.2. The van der Waals surface area contributed by atoms with Crippen LogP contribution < -0.4 is 0 Å². The maximum Gasteiger partial charge on any atom is 0.0997 e. The van der Waals surface area contributed by atoms with Gasteiger partial charge in [0.1, 0.15) is 0 Å². The average Bonchev–Trinajstić information content (AvgIpc) is 3.34. The summed E-state index contributed by atoms with van der Waals surface area (Å²) in [5.41, 5.74) is 11.6. The van der Waals surface area contributed by atoms with E-state index in [2.05, 4.69) is 116 Å². The predicted octanol–water partition coefficient (Wildman–Crippen LogP) is 9.47. The van der Waals surface area contributed by atoms with Crippen LogP contribution in [-0.2, 0) is 6.42 Å². The van der Waals surface area contributed by atoms with Gasteiger partial charge in [-0.25, -0.2) is 0 Å². The quantitative estimate of drug-likeness (QED) is 0.335. The molecule has 0 spiro atoms. The minimum atomic E-state index is 0.225. The summed E-state index contributed by atoms with van der Waals surface area (Å²) in [5, 5.41) is 10.3. The molecule has 0 aliphatic heterocycles. The maximum atomic E-state index is 10.3. The highest BCUT2D eigenvalue weighted by Crippen LogP contribution is 2.55. The van der Waals surface area contributed by atoms with Crippen LogP contribution in [0.4, 0.5) is 0 Å². The molecule has 3 aromatic carbocycles. The van der Waals surface area contributed by atoms with Crippen LogP contribution in [0.3, 0.4) is 0 Å². The Bertz CT molecular complexity index is 1470. The highest BCUT2D eigenvalue weighted by Gasteiger charge is 2.40. The van der Waals surface area contributed by atoms with E-state index in [4.69, 9.17) is 0 Å². The first kappa shape index (κ1) is 24.4. The third kappa shape index (κ3) is 4.72. The van der Waals surface area contributed by atoms with E-state index >= 15 is 0 Å². The summed E-state index contributed by atoms with van der Waals surface area (Å²) in [7, 11) is 0. The predicted molar refractivity (Wildman–Crippen MR) is 158 cm³/mol. The summed E-state index contributed by atoms with van der Waals surface area (Å²) >= 11 is 0. The van der Waals surface area contributed by atoms with E-state index in [1.54, 1.807) is 5.57 Å². The van der Waals surface area contributed by atoms with E-state index in [9.17, 15) is 5.26 Å². The summed E-state index contributed by atoms with van der Waals surface area (Å²) in [5.74, 6) is 1.55. The zero-order valence-corrected chi connectivity index (χ0v) is 22.2. The third-order valence-corrected chi connectivity index (χ3v) is 8.91. The van der Waals surface area contributed by atoms with Crippen molar-refractivity contribution >= 4 is 12.2 Å². The van der Waals surface area contributed by atoms with Gasteiger partial charge in [-0.2, -0.15) is 5.26 Å². The number of hydrogen-bond donors (Lipinski definition) is 0. The molecule has 0 heterocycles. The van der Waals surface area contributed by atoms with Crippen LogP contribution >= 0.6 is 0 Å². The number of rotatable bonds is 6. The third-order valence-electron chi connectivity index (χ3n) is 8.91. The van der Waals surface area contributed by atoms with Gasteiger partial charge in [-0.3, -0.25) is 0 Å². The number of allylic oxidation sites excluding steroid dienone is 6. The SMILES string of the molecule is CC1=C(C#N)C2=Cc3ccccc3C2C(C2CCC(C/C=C/c3ccccc3)CC2)=C1Cc1ccccc1. The van der Waals surface area contributed by atoms with Gasteiger partial charge in [0.2, 0.25) is 0 Å². The molecule has 3 aliphatic carbocycles. The fraction of sp³-hybridized carbons (Fsp3) is 0.270. The molecule has 1 heteroatoms. The fourth-order valence-corrected chi connectivity index (χ4v) is 6.97. The Balaban J connectivity index is 1.32. The van der Waals surface area contributed by atoms with Crippen molar-refractivity contribution in [3.63, 3.8) is 0 Å². The number of nitrogens with zero attached hydrogens (tertiary/aromatic N) is 1. The number of nitriles is 1. The second kappa shape index (κ2) is 10.8. The lowest BCUT2D eigenvalue weighted by atomic mass is 9.65. The van der Waals surface area contributed by atoms with Crippen LogP contribution in [0.2, 0.25) is 0 Å². The van der Waals surface area contributed by atoms with E-state index in [1.165, 1.54) is 64.7 Å². The second-order valence-corrected chi connectivity index (χ2v) is 11.1. The molecule has 3 aromatic rings. The molecular weight excluding hydrogens is 458 g/mol. The van der Waals surface area contributed by atoms with Crippen LogP contribution in [0.25, 0.3) is 12.2 Å². The lowest BCUT2D eigenvalue weighted by molar-refractivity contribution is 0.297. The molecule has 6 rings (SSSR count). The lowest BCUT2D eigenvalue weighted by Gasteiger charge is -2.38. The van der Waals surface area contributed by atoms with Crippen molar-refractivity contribution < 1.29 is 0 Å². The van der Waals surface area contributed by atoms with Gasteiger partial charge in [-0.05, 0) is 102 Å². The van der Waals surface area contributed by atoms with Gasteiger partial charge in [-0.15, -0.1) is 0 Å². The molecule has 0 saturated heterocycles. The largest absolute Gasteiger partial charge is 0.192 e. The Hall–Kier alpha value is -3.89. The molecule has 1 nitrogen and oxygen atoms in total. The Morgan fingerprint density at radius 2 is 1.53 bits per heavy atom. The van der Waals surface area contributed by atoms with E-state index in [0.29, 0.717) is 5.92 Å².